The summed E-state index contributed by atoms with van der Waals surface area (Å²) in [7, 11) is 2.12. The first-order valence-electron chi connectivity index (χ1n) is 11.2. The van der Waals surface area contributed by atoms with Gasteiger partial charge in [-0.15, -0.1) is 0 Å². The Morgan fingerprint density at radius 1 is 0.800 bits per heavy atom. The molecule has 1 N–H and O–H groups in total. The van der Waals surface area contributed by atoms with Crippen LogP contribution in [0.5, 0.6) is 11.5 Å². The minimum Gasteiger partial charge on any atom is -0.494 e. The number of benzene rings is 2. The van der Waals surface area contributed by atoms with Gasteiger partial charge in [-0.2, -0.15) is 0 Å². The zero-order valence-corrected chi connectivity index (χ0v) is 18.9. The lowest BCUT2D eigenvalue weighted by molar-refractivity contribution is 0.216. The fourth-order valence-electron chi connectivity index (χ4n) is 3.89. The predicted octanol–water partition coefficient (Wildman–Crippen LogP) is 4.19. The lowest BCUT2D eigenvalue weighted by Crippen LogP contribution is -2.27. The maximum Gasteiger partial charge on any atom is 0.119 e. The summed E-state index contributed by atoms with van der Waals surface area (Å²) in [6.45, 7) is 12.8. The molecule has 0 aromatic heterocycles. The molecule has 1 aliphatic rings. The van der Waals surface area contributed by atoms with Gasteiger partial charge in [-0.05, 0) is 79.6 Å². The van der Waals surface area contributed by atoms with E-state index in [2.05, 4.69) is 49.8 Å². The van der Waals surface area contributed by atoms with Crippen molar-refractivity contribution in [1.29, 1.82) is 0 Å². The van der Waals surface area contributed by atoms with E-state index in [9.17, 15) is 5.11 Å². The first-order chi connectivity index (χ1) is 14.6. The SMILES string of the molecule is CCN(C)CCCOc1ccc2c(c1)C(O)c1cc(OCCN(CC)CC)ccc1-2. The van der Waals surface area contributed by atoms with Gasteiger partial charge in [0.05, 0.1) is 6.61 Å². The summed E-state index contributed by atoms with van der Waals surface area (Å²) in [5.74, 6) is 1.62. The second-order valence-corrected chi connectivity index (χ2v) is 7.87. The monoisotopic (exact) mass is 412 g/mol. The number of fused-ring (bicyclic) bond motifs is 3. The molecule has 2 aromatic carbocycles. The first-order valence-corrected chi connectivity index (χ1v) is 11.2. The number of hydrogen-bond acceptors (Lipinski definition) is 5. The van der Waals surface area contributed by atoms with Crippen molar-refractivity contribution in [2.24, 2.45) is 0 Å². The maximum absolute atomic E-state index is 10.9. The summed E-state index contributed by atoms with van der Waals surface area (Å²) in [6, 6.07) is 12.1. The summed E-state index contributed by atoms with van der Waals surface area (Å²) in [4.78, 5) is 4.61. The Balaban J connectivity index is 1.62. The predicted molar refractivity (Wildman–Crippen MR) is 123 cm³/mol. The molecule has 1 aliphatic carbocycles. The fourth-order valence-corrected chi connectivity index (χ4v) is 3.89. The van der Waals surface area contributed by atoms with E-state index in [1.165, 1.54) is 0 Å². The zero-order valence-electron chi connectivity index (χ0n) is 18.9. The summed E-state index contributed by atoms with van der Waals surface area (Å²) >= 11 is 0. The van der Waals surface area contributed by atoms with E-state index in [-0.39, 0.29) is 0 Å². The topological polar surface area (TPSA) is 45.2 Å². The van der Waals surface area contributed by atoms with Crippen LogP contribution in [0.1, 0.15) is 44.4 Å². The molecule has 1 unspecified atom stereocenters. The molecule has 0 spiro atoms. The number of rotatable bonds is 12. The van der Waals surface area contributed by atoms with Crippen molar-refractivity contribution < 1.29 is 14.6 Å². The number of hydrogen-bond donors (Lipinski definition) is 1. The summed E-state index contributed by atoms with van der Waals surface area (Å²) in [5.41, 5.74) is 3.97. The molecule has 0 heterocycles. The van der Waals surface area contributed by atoms with Crippen LogP contribution >= 0.6 is 0 Å². The Morgan fingerprint density at radius 2 is 1.37 bits per heavy atom. The van der Waals surface area contributed by atoms with Crippen molar-refractivity contribution in [3.05, 3.63) is 47.5 Å². The van der Waals surface area contributed by atoms with Crippen LogP contribution in [0.4, 0.5) is 0 Å². The molecule has 0 amide bonds. The van der Waals surface area contributed by atoms with Crippen LogP contribution in [0.2, 0.25) is 0 Å². The van der Waals surface area contributed by atoms with Crippen molar-refractivity contribution in [2.75, 3.05) is 53.0 Å². The molecule has 2 aromatic rings. The van der Waals surface area contributed by atoms with Gasteiger partial charge in [-0.1, -0.05) is 32.9 Å². The molecule has 30 heavy (non-hydrogen) atoms. The lowest BCUT2D eigenvalue weighted by atomic mass is 10.1. The molecule has 5 nitrogen and oxygen atoms in total. The summed E-state index contributed by atoms with van der Waals surface area (Å²) in [5, 5.41) is 10.9. The first kappa shape index (κ1) is 22.6. The Hall–Kier alpha value is -2.08. The minimum absolute atomic E-state index is 0.642. The number of aliphatic hydroxyl groups excluding tert-OH is 1. The van der Waals surface area contributed by atoms with Crippen LogP contribution in [0.3, 0.4) is 0 Å². The van der Waals surface area contributed by atoms with Crippen LogP contribution < -0.4 is 9.47 Å². The lowest BCUT2D eigenvalue weighted by Gasteiger charge is -2.18. The van der Waals surface area contributed by atoms with E-state index < -0.39 is 6.10 Å². The van der Waals surface area contributed by atoms with Crippen LogP contribution in [0.15, 0.2) is 36.4 Å². The number of ether oxygens (including phenoxy) is 2. The molecule has 0 bridgehead atoms. The largest absolute Gasteiger partial charge is 0.494 e. The number of aliphatic hydroxyl groups is 1. The quantitative estimate of drug-likeness (QED) is 0.530. The third kappa shape index (κ3) is 5.34. The molecule has 5 heteroatoms. The Labute approximate surface area is 181 Å². The molecule has 0 fully saturated rings. The average molecular weight is 413 g/mol. The van der Waals surface area contributed by atoms with Gasteiger partial charge in [0.25, 0.3) is 0 Å². The number of nitrogens with zero attached hydrogens (tertiary/aromatic N) is 2. The van der Waals surface area contributed by atoms with Gasteiger partial charge in [-0.25, -0.2) is 0 Å². The van der Waals surface area contributed by atoms with Gasteiger partial charge in [0, 0.05) is 13.1 Å². The van der Waals surface area contributed by atoms with Crippen molar-refractivity contribution in [3.8, 4) is 22.6 Å². The minimum atomic E-state index is -0.642. The summed E-state index contributed by atoms with van der Waals surface area (Å²) in [6.07, 6.45) is 0.342. The van der Waals surface area contributed by atoms with Gasteiger partial charge in [-0.3, -0.25) is 0 Å². The molecular weight excluding hydrogens is 376 g/mol. The van der Waals surface area contributed by atoms with Gasteiger partial charge < -0.3 is 24.4 Å². The van der Waals surface area contributed by atoms with Crippen LogP contribution in [0.25, 0.3) is 11.1 Å². The molecule has 0 radical (unpaired) electrons. The smallest absolute Gasteiger partial charge is 0.119 e. The van der Waals surface area contributed by atoms with Crippen molar-refractivity contribution >= 4 is 0 Å². The van der Waals surface area contributed by atoms with Gasteiger partial charge in [0.2, 0.25) is 0 Å². The average Bonchev–Trinajstić information content (AvgIpc) is 3.05. The number of likely N-dealkylation sites (N-methyl/N-ethyl adjacent to an activating group) is 1. The zero-order chi connectivity index (χ0) is 21.5. The van der Waals surface area contributed by atoms with E-state index in [0.717, 1.165) is 72.9 Å². The highest BCUT2D eigenvalue weighted by molar-refractivity contribution is 5.79. The van der Waals surface area contributed by atoms with Gasteiger partial charge >= 0.3 is 0 Å². The normalized spacial score (nSPS) is 14.8. The highest BCUT2D eigenvalue weighted by Crippen LogP contribution is 2.45. The summed E-state index contributed by atoms with van der Waals surface area (Å²) < 4.78 is 11.9. The van der Waals surface area contributed by atoms with E-state index in [1.54, 1.807) is 0 Å². The van der Waals surface area contributed by atoms with E-state index in [1.807, 2.05) is 24.3 Å². The third-order valence-electron chi connectivity index (χ3n) is 5.99. The molecule has 164 valence electrons. The second-order valence-electron chi connectivity index (χ2n) is 7.87. The third-order valence-corrected chi connectivity index (χ3v) is 5.99. The Morgan fingerprint density at radius 3 is 1.90 bits per heavy atom. The van der Waals surface area contributed by atoms with Crippen molar-refractivity contribution in [3.63, 3.8) is 0 Å². The molecule has 1 atom stereocenters. The van der Waals surface area contributed by atoms with Crippen LogP contribution in [0, 0.1) is 0 Å². The van der Waals surface area contributed by atoms with Crippen LogP contribution in [-0.2, 0) is 0 Å². The Bertz CT molecular complexity index is 820. The maximum atomic E-state index is 10.9. The van der Waals surface area contributed by atoms with Gasteiger partial charge in [0.1, 0.15) is 24.2 Å². The van der Waals surface area contributed by atoms with E-state index in [4.69, 9.17) is 9.47 Å². The van der Waals surface area contributed by atoms with E-state index >= 15 is 0 Å². The molecule has 0 saturated heterocycles. The van der Waals surface area contributed by atoms with Crippen molar-refractivity contribution in [2.45, 2.75) is 33.3 Å². The second kappa shape index (κ2) is 10.8. The fraction of sp³-hybridized carbons (Fsp3) is 0.520. The molecule has 0 aliphatic heterocycles. The molecular formula is C25H36N2O3. The standard InChI is InChI=1S/C25H36N2O3/c1-5-26(4)13-8-15-29-19-9-11-21-22-12-10-20(30-16-14-27(6-2)7-3)18-24(22)25(28)23(21)17-19/h9-12,17-18,25,28H,5-8,13-16H2,1-4H3. The van der Waals surface area contributed by atoms with Crippen LogP contribution in [-0.4, -0.2) is 67.9 Å². The molecule has 0 saturated carbocycles. The Kier molecular flexibility index (Phi) is 8.14. The van der Waals surface area contributed by atoms with E-state index in [0.29, 0.717) is 13.2 Å². The van der Waals surface area contributed by atoms with Gasteiger partial charge in [0.15, 0.2) is 0 Å². The molecule has 3 rings (SSSR count). The van der Waals surface area contributed by atoms with Crippen molar-refractivity contribution in [1.82, 2.24) is 9.80 Å². The highest BCUT2D eigenvalue weighted by atomic mass is 16.5. The highest BCUT2D eigenvalue weighted by Gasteiger charge is 2.28.